The average molecular weight is 425 g/mol. The van der Waals surface area contributed by atoms with E-state index in [2.05, 4.69) is 20.1 Å². The Hall–Kier alpha value is -4.00. The number of pyridine rings is 1. The number of anilines is 1. The summed E-state index contributed by atoms with van der Waals surface area (Å²) < 4.78 is 5.28. The molecule has 0 N–H and O–H groups in total. The van der Waals surface area contributed by atoms with Gasteiger partial charge in [-0.1, -0.05) is 36.4 Å². The molecule has 0 radical (unpaired) electrons. The van der Waals surface area contributed by atoms with Crippen molar-refractivity contribution in [3.63, 3.8) is 0 Å². The second kappa shape index (κ2) is 8.63. The Bertz CT molecular complexity index is 1250. The van der Waals surface area contributed by atoms with Gasteiger partial charge in [0.1, 0.15) is 11.4 Å². The van der Waals surface area contributed by atoms with Crippen LogP contribution in [-0.4, -0.2) is 59.3 Å². The highest BCUT2D eigenvalue weighted by Gasteiger charge is 2.24. The summed E-state index contributed by atoms with van der Waals surface area (Å²) in [6.45, 7) is 2.64. The van der Waals surface area contributed by atoms with Crippen LogP contribution in [0.2, 0.25) is 0 Å². The lowest BCUT2D eigenvalue weighted by atomic mass is 10.1. The number of piperazine rings is 1. The fourth-order valence-electron chi connectivity index (χ4n) is 3.92. The SMILES string of the molecule is COc1cccc(-c2ccc(N3CCN(C(=O)c4ccc5ccccc5n4)CC3)nn2)c1. The monoisotopic (exact) mass is 425 g/mol. The molecule has 4 aromatic rings. The van der Waals surface area contributed by atoms with Crippen LogP contribution in [0.3, 0.4) is 0 Å². The fourth-order valence-corrected chi connectivity index (χ4v) is 3.92. The van der Waals surface area contributed by atoms with Crippen LogP contribution in [0.5, 0.6) is 5.75 Å². The summed E-state index contributed by atoms with van der Waals surface area (Å²) in [6.07, 6.45) is 0. The number of carbonyl (C=O) groups excluding carboxylic acids is 1. The van der Waals surface area contributed by atoms with E-state index < -0.39 is 0 Å². The Morgan fingerprint density at radius 1 is 0.875 bits per heavy atom. The Morgan fingerprint density at radius 2 is 1.72 bits per heavy atom. The molecule has 1 aliphatic heterocycles. The maximum absolute atomic E-state index is 12.9. The summed E-state index contributed by atoms with van der Waals surface area (Å²) in [5, 5.41) is 9.84. The molecule has 1 fully saturated rings. The summed E-state index contributed by atoms with van der Waals surface area (Å²) in [4.78, 5) is 21.5. The lowest BCUT2D eigenvalue weighted by Gasteiger charge is -2.35. The lowest BCUT2D eigenvalue weighted by molar-refractivity contribution is 0.0741. The number of aromatic nitrogens is 3. The van der Waals surface area contributed by atoms with Gasteiger partial charge in [-0.25, -0.2) is 4.98 Å². The van der Waals surface area contributed by atoms with Crippen molar-refractivity contribution in [2.45, 2.75) is 0 Å². The number of methoxy groups -OCH3 is 1. The molecule has 7 heteroatoms. The van der Waals surface area contributed by atoms with E-state index in [4.69, 9.17) is 4.74 Å². The van der Waals surface area contributed by atoms with Gasteiger partial charge in [0, 0.05) is 37.1 Å². The molecule has 32 heavy (non-hydrogen) atoms. The van der Waals surface area contributed by atoms with Crippen LogP contribution in [0.1, 0.15) is 10.5 Å². The Morgan fingerprint density at radius 3 is 2.50 bits per heavy atom. The van der Waals surface area contributed by atoms with Crippen LogP contribution < -0.4 is 9.64 Å². The molecule has 0 saturated carbocycles. The largest absolute Gasteiger partial charge is 0.497 e. The molecule has 0 atom stereocenters. The molecular weight excluding hydrogens is 402 g/mol. The smallest absolute Gasteiger partial charge is 0.272 e. The third kappa shape index (κ3) is 3.97. The van der Waals surface area contributed by atoms with Crippen molar-refractivity contribution in [2.75, 3.05) is 38.2 Å². The van der Waals surface area contributed by atoms with Gasteiger partial charge in [0.2, 0.25) is 0 Å². The zero-order chi connectivity index (χ0) is 21.9. The van der Waals surface area contributed by atoms with Crippen molar-refractivity contribution >= 4 is 22.6 Å². The number of carbonyl (C=O) groups is 1. The summed E-state index contributed by atoms with van der Waals surface area (Å²) in [5.74, 6) is 1.57. The summed E-state index contributed by atoms with van der Waals surface area (Å²) >= 11 is 0. The van der Waals surface area contributed by atoms with Gasteiger partial charge >= 0.3 is 0 Å². The summed E-state index contributed by atoms with van der Waals surface area (Å²) in [7, 11) is 1.65. The van der Waals surface area contributed by atoms with Gasteiger partial charge in [-0.15, -0.1) is 10.2 Å². The number of amides is 1. The van der Waals surface area contributed by atoms with Crippen LogP contribution in [0, 0.1) is 0 Å². The number of para-hydroxylation sites is 1. The molecule has 0 aliphatic carbocycles. The van der Waals surface area contributed by atoms with Gasteiger partial charge in [0.25, 0.3) is 5.91 Å². The lowest BCUT2D eigenvalue weighted by Crippen LogP contribution is -2.49. The zero-order valence-corrected chi connectivity index (χ0v) is 17.8. The summed E-state index contributed by atoms with van der Waals surface area (Å²) in [6, 6.07) is 23.3. The quantitative estimate of drug-likeness (QED) is 0.497. The Labute approximate surface area is 186 Å². The van der Waals surface area contributed by atoms with Gasteiger partial charge in [-0.05, 0) is 36.4 Å². The third-order valence-corrected chi connectivity index (χ3v) is 5.72. The van der Waals surface area contributed by atoms with Gasteiger partial charge in [-0.3, -0.25) is 4.79 Å². The van der Waals surface area contributed by atoms with Crippen LogP contribution >= 0.6 is 0 Å². The van der Waals surface area contributed by atoms with Crippen molar-refractivity contribution in [1.82, 2.24) is 20.1 Å². The van der Waals surface area contributed by atoms with Gasteiger partial charge < -0.3 is 14.5 Å². The van der Waals surface area contributed by atoms with Crippen molar-refractivity contribution in [1.29, 1.82) is 0 Å². The second-order valence-electron chi connectivity index (χ2n) is 7.68. The maximum Gasteiger partial charge on any atom is 0.272 e. The zero-order valence-electron chi connectivity index (χ0n) is 17.8. The predicted octanol–water partition coefficient (Wildman–Crippen LogP) is 3.66. The normalized spacial score (nSPS) is 13.9. The molecule has 0 unspecified atom stereocenters. The number of hydrogen-bond acceptors (Lipinski definition) is 6. The Balaban J connectivity index is 1.24. The standard InChI is InChI=1S/C25H23N5O2/c1-32-20-7-4-6-19(17-20)22-11-12-24(28-27-22)29-13-15-30(16-14-29)25(31)23-10-9-18-5-2-3-8-21(18)26-23/h2-12,17H,13-16H2,1H3. The summed E-state index contributed by atoms with van der Waals surface area (Å²) in [5.41, 5.74) is 3.08. The number of benzene rings is 2. The topological polar surface area (TPSA) is 71.5 Å². The molecule has 0 spiro atoms. The van der Waals surface area contributed by atoms with E-state index in [1.54, 1.807) is 13.2 Å². The second-order valence-corrected chi connectivity index (χ2v) is 7.68. The van der Waals surface area contributed by atoms with E-state index >= 15 is 0 Å². The molecule has 2 aromatic carbocycles. The van der Waals surface area contributed by atoms with E-state index in [0.717, 1.165) is 33.7 Å². The van der Waals surface area contributed by atoms with Gasteiger partial charge in [0.15, 0.2) is 5.82 Å². The predicted molar refractivity (Wildman–Crippen MR) is 124 cm³/mol. The van der Waals surface area contributed by atoms with Gasteiger partial charge in [0.05, 0.1) is 18.3 Å². The van der Waals surface area contributed by atoms with Crippen molar-refractivity contribution in [3.8, 4) is 17.0 Å². The van der Waals surface area contributed by atoms with Gasteiger partial charge in [-0.2, -0.15) is 0 Å². The van der Waals surface area contributed by atoms with E-state index in [0.29, 0.717) is 31.9 Å². The third-order valence-electron chi connectivity index (χ3n) is 5.72. The molecule has 2 aromatic heterocycles. The Kier molecular flexibility index (Phi) is 5.37. The number of nitrogens with zero attached hydrogens (tertiary/aromatic N) is 5. The van der Waals surface area contributed by atoms with Crippen molar-refractivity contribution in [3.05, 3.63) is 78.5 Å². The van der Waals surface area contributed by atoms with E-state index in [1.165, 1.54) is 0 Å². The first kappa shape index (κ1) is 19.9. The number of rotatable bonds is 4. The first-order valence-electron chi connectivity index (χ1n) is 10.6. The van der Waals surface area contributed by atoms with Crippen LogP contribution in [-0.2, 0) is 0 Å². The number of hydrogen-bond donors (Lipinski definition) is 0. The first-order chi connectivity index (χ1) is 15.7. The minimum Gasteiger partial charge on any atom is -0.497 e. The van der Waals surface area contributed by atoms with Crippen LogP contribution in [0.4, 0.5) is 5.82 Å². The highest BCUT2D eigenvalue weighted by atomic mass is 16.5. The van der Waals surface area contributed by atoms with Crippen LogP contribution in [0.15, 0.2) is 72.8 Å². The molecule has 7 nitrogen and oxygen atoms in total. The van der Waals surface area contributed by atoms with E-state index in [9.17, 15) is 4.79 Å². The number of ether oxygens (including phenoxy) is 1. The maximum atomic E-state index is 12.9. The van der Waals surface area contributed by atoms with E-state index in [1.807, 2.05) is 71.6 Å². The minimum absolute atomic E-state index is 0.0325. The van der Waals surface area contributed by atoms with Crippen LogP contribution in [0.25, 0.3) is 22.2 Å². The molecule has 0 bridgehead atoms. The van der Waals surface area contributed by atoms with E-state index in [-0.39, 0.29) is 5.91 Å². The molecule has 1 saturated heterocycles. The molecule has 1 amide bonds. The highest BCUT2D eigenvalue weighted by Crippen LogP contribution is 2.23. The van der Waals surface area contributed by atoms with Crippen molar-refractivity contribution < 1.29 is 9.53 Å². The molecule has 5 rings (SSSR count). The highest BCUT2D eigenvalue weighted by molar-refractivity contribution is 5.95. The number of fused-ring (bicyclic) bond motifs is 1. The molecule has 1 aliphatic rings. The molecular formula is C25H23N5O2. The molecule has 3 heterocycles. The first-order valence-corrected chi connectivity index (χ1v) is 10.6. The fraction of sp³-hybridized carbons (Fsp3) is 0.200. The minimum atomic E-state index is -0.0325. The van der Waals surface area contributed by atoms with Crippen molar-refractivity contribution in [2.24, 2.45) is 0 Å². The average Bonchev–Trinajstić information content (AvgIpc) is 2.88. The molecule has 160 valence electrons.